The molecule has 1 N–H and O–H groups in total. The van der Waals surface area contributed by atoms with Crippen LogP contribution in [0.2, 0.25) is 0 Å². The lowest BCUT2D eigenvalue weighted by molar-refractivity contribution is -0.122. The van der Waals surface area contributed by atoms with Crippen molar-refractivity contribution in [2.45, 2.75) is 31.8 Å². The normalized spacial score (nSPS) is 16.8. The lowest BCUT2D eigenvalue weighted by Gasteiger charge is -2.26. The molecule has 0 spiro atoms. The van der Waals surface area contributed by atoms with Gasteiger partial charge in [-0.15, -0.1) is 0 Å². The summed E-state index contributed by atoms with van der Waals surface area (Å²) in [5, 5.41) is 3.06. The van der Waals surface area contributed by atoms with Crippen LogP contribution in [0.5, 0.6) is 0 Å². The van der Waals surface area contributed by atoms with Crippen molar-refractivity contribution in [2.24, 2.45) is 0 Å². The van der Waals surface area contributed by atoms with Crippen molar-refractivity contribution in [3.8, 4) is 0 Å². The number of carbonyl (C=O) groups excluding carboxylic acids is 1. The van der Waals surface area contributed by atoms with Crippen LogP contribution in [0.3, 0.4) is 0 Å². The highest BCUT2D eigenvalue weighted by Gasteiger charge is 2.22. The number of benzene rings is 2. The fourth-order valence-electron chi connectivity index (χ4n) is 3.45. The maximum Gasteiger partial charge on any atom is 0.420 e. The van der Waals surface area contributed by atoms with Crippen LogP contribution in [0, 0.1) is 0 Å². The molecule has 3 aromatic rings. The summed E-state index contributed by atoms with van der Waals surface area (Å²) >= 11 is 0. The molecule has 1 aliphatic carbocycles. The smallest absolute Gasteiger partial charge is 0.408 e. The largest absolute Gasteiger partial charge is 0.420 e. The van der Waals surface area contributed by atoms with E-state index >= 15 is 0 Å². The van der Waals surface area contributed by atoms with E-state index in [1.165, 1.54) is 15.7 Å². The first kappa shape index (κ1) is 14.8. The second kappa shape index (κ2) is 6.00. The first-order valence-electron chi connectivity index (χ1n) is 8.18. The summed E-state index contributed by atoms with van der Waals surface area (Å²) in [6.07, 6.45) is 3.02. The topological polar surface area (TPSA) is 64.2 Å². The Balaban J connectivity index is 1.55. The fourth-order valence-corrected chi connectivity index (χ4v) is 3.45. The maximum atomic E-state index is 12.5. The van der Waals surface area contributed by atoms with Crippen molar-refractivity contribution in [3.63, 3.8) is 0 Å². The summed E-state index contributed by atoms with van der Waals surface area (Å²) in [4.78, 5) is 24.5. The molecule has 0 saturated heterocycles. The highest BCUT2D eigenvalue weighted by Crippen LogP contribution is 2.29. The van der Waals surface area contributed by atoms with Gasteiger partial charge in [-0.05, 0) is 42.5 Å². The molecule has 5 nitrogen and oxygen atoms in total. The average molecular weight is 322 g/mol. The second-order valence-corrected chi connectivity index (χ2v) is 6.13. The summed E-state index contributed by atoms with van der Waals surface area (Å²) in [5.74, 6) is -0.680. The van der Waals surface area contributed by atoms with E-state index in [2.05, 4.69) is 17.4 Å². The van der Waals surface area contributed by atoms with Gasteiger partial charge in [-0.3, -0.25) is 9.36 Å². The number of amides is 1. The van der Waals surface area contributed by atoms with Crippen LogP contribution in [0.1, 0.15) is 30.0 Å². The number of hydrogen-bond acceptors (Lipinski definition) is 3. The number of fused-ring (bicyclic) bond motifs is 2. The summed E-state index contributed by atoms with van der Waals surface area (Å²) in [5.41, 5.74) is 3.61. The van der Waals surface area contributed by atoms with E-state index in [0.29, 0.717) is 11.1 Å². The molecule has 0 fully saturated rings. The molecule has 0 aliphatic heterocycles. The fraction of sp³-hybridized carbons (Fsp3) is 0.263. The number of nitrogens with one attached hydrogen (secondary N) is 1. The zero-order valence-electron chi connectivity index (χ0n) is 13.2. The second-order valence-electron chi connectivity index (χ2n) is 6.13. The van der Waals surface area contributed by atoms with E-state index in [0.717, 1.165) is 19.3 Å². The molecule has 0 unspecified atom stereocenters. The van der Waals surface area contributed by atoms with Crippen molar-refractivity contribution in [1.82, 2.24) is 9.88 Å². The molecule has 2 aromatic carbocycles. The molecule has 0 radical (unpaired) electrons. The quantitative estimate of drug-likeness (QED) is 0.806. The zero-order chi connectivity index (χ0) is 16.5. The third-order valence-corrected chi connectivity index (χ3v) is 4.58. The lowest BCUT2D eigenvalue weighted by Crippen LogP contribution is -2.35. The van der Waals surface area contributed by atoms with E-state index in [-0.39, 0.29) is 18.5 Å². The molecular weight excluding hydrogens is 304 g/mol. The van der Waals surface area contributed by atoms with E-state index in [1.807, 2.05) is 18.2 Å². The molecule has 4 rings (SSSR count). The Morgan fingerprint density at radius 2 is 1.96 bits per heavy atom. The molecular formula is C19H18N2O3. The highest BCUT2D eigenvalue weighted by atomic mass is 16.4. The van der Waals surface area contributed by atoms with Crippen molar-refractivity contribution < 1.29 is 9.21 Å². The number of para-hydroxylation sites is 2. The number of hydrogen-bond donors (Lipinski definition) is 1. The van der Waals surface area contributed by atoms with Crippen molar-refractivity contribution in [1.29, 1.82) is 0 Å². The molecule has 0 bridgehead atoms. The maximum absolute atomic E-state index is 12.5. The minimum atomic E-state index is -0.504. The van der Waals surface area contributed by atoms with E-state index in [1.54, 1.807) is 18.2 Å². The number of aromatic nitrogens is 1. The third kappa shape index (κ3) is 2.62. The zero-order valence-corrected chi connectivity index (χ0v) is 13.2. The molecule has 5 heteroatoms. The molecule has 1 amide bonds. The molecule has 1 heterocycles. The van der Waals surface area contributed by atoms with Gasteiger partial charge in [0.25, 0.3) is 0 Å². The lowest BCUT2D eigenvalue weighted by atomic mass is 9.88. The Labute approximate surface area is 138 Å². The molecule has 1 aliphatic rings. The number of oxazole rings is 1. The summed E-state index contributed by atoms with van der Waals surface area (Å²) in [6.45, 7) is -0.0332. The Kier molecular flexibility index (Phi) is 3.69. The first-order chi connectivity index (χ1) is 11.7. The van der Waals surface area contributed by atoms with Crippen molar-refractivity contribution >= 4 is 17.0 Å². The van der Waals surface area contributed by atoms with Gasteiger partial charge in [0.1, 0.15) is 6.54 Å². The van der Waals surface area contributed by atoms with Crippen LogP contribution in [-0.4, -0.2) is 10.5 Å². The van der Waals surface area contributed by atoms with E-state index in [4.69, 9.17) is 4.42 Å². The van der Waals surface area contributed by atoms with Crippen molar-refractivity contribution in [2.75, 3.05) is 0 Å². The Morgan fingerprint density at radius 1 is 1.17 bits per heavy atom. The van der Waals surface area contributed by atoms with Gasteiger partial charge in [0.15, 0.2) is 5.58 Å². The number of carbonyl (C=O) groups is 1. The summed E-state index contributed by atoms with van der Waals surface area (Å²) < 4.78 is 6.55. The molecule has 0 saturated carbocycles. The van der Waals surface area contributed by atoms with Gasteiger partial charge in [-0.1, -0.05) is 36.4 Å². The number of nitrogens with zero attached hydrogens (tertiary/aromatic N) is 1. The van der Waals surface area contributed by atoms with Gasteiger partial charge < -0.3 is 9.73 Å². The van der Waals surface area contributed by atoms with Crippen LogP contribution in [-0.2, 0) is 17.8 Å². The van der Waals surface area contributed by atoms with Crippen LogP contribution < -0.4 is 11.1 Å². The number of aryl methyl sites for hydroxylation is 1. The Bertz CT molecular complexity index is 954. The minimum Gasteiger partial charge on any atom is -0.408 e. The molecule has 24 heavy (non-hydrogen) atoms. The van der Waals surface area contributed by atoms with Gasteiger partial charge in [-0.25, -0.2) is 4.79 Å². The third-order valence-electron chi connectivity index (χ3n) is 4.58. The van der Waals surface area contributed by atoms with E-state index in [9.17, 15) is 9.59 Å². The molecule has 1 aromatic heterocycles. The first-order valence-corrected chi connectivity index (χ1v) is 8.18. The predicted molar refractivity (Wildman–Crippen MR) is 90.7 cm³/mol. The van der Waals surface area contributed by atoms with Gasteiger partial charge in [0.05, 0.1) is 11.6 Å². The van der Waals surface area contributed by atoms with Crippen LogP contribution in [0.15, 0.2) is 57.7 Å². The monoisotopic (exact) mass is 322 g/mol. The van der Waals surface area contributed by atoms with E-state index < -0.39 is 5.76 Å². The molecule has 122 valence electrons. The van der Waals surface area contributed by atoms with Gasteiger partial charge in [-0.2, -0.15) is 0 Å². The predicted octanol–water partition coefficient (Wildman–Crippen LogP) is 2.79. The number of rotatable bonds is 3. The molecule has 1 atom stereocenters. The Morgan fingerprint density at radius 3 is 2.88 bits per heavy atom. The van der Waals surface area contributed by atoms with Crippen LogP contribution in [0.25, 0.3) is 11.1 Å². The standard InChI is InChI=1S/C19H18N2O3/c22-18(12-21-16-10-3-4-11-17(16)24-19(21)23)20-15-9-5-7-13-6-1-2-8-14(13)15/h1-4,6,8,10-11,15H,5,7,9,12H2,(H,20,22)/t15-/m1/s1. The highest BCUT2D eigenvalue weighted by molar-refractivity contribution is 5.79. The SMILES string of the molecule is O=C(Cn1c(=O)oc2ccccc21)N[C@@H]1CCCc2ccccc21. The van der Waals surface area contributed by atoms with Crippen LogP contribution in [0.4, 0.5) is 0 Å². The minimum absolute atomic E-state index is 0.0105. The Hall–Kier alpha value is -2.82. The summed E-state index contributed by atoms with van der Waals surface area (Å²) in [7, 11) is 0. The average Bonchev–Trinajstić information content (AvgIpc) is 2.91. The summed E-state index contributed by atoms with van der Waals surface area (Å²) in [6, 6.07) is 15.3. The van der Waals surface area contributed by atoms with Gasteiger partial charge in [0.2, 0.25) is 5.91 Å². The van der Waals surface area contributed by atoms with Crippen LogP contribution >= 0.6 is 0 Å². The van der Waals surface area contributed by atoms with Gasteiger partial charge >= 0.3 is 5.76 Å². The van der Waals surface area contributed by atoms with Gasteiger partial charge in [0, 0.05) is 0 Å². The van der Waals surface area contributed by atoms with Crippen molar-refractivity contribution in [3.05, 3.63) is 70.2 Å².